The molecule has 0 fully saturated rings. The summed E-state index contributed by atoms with van der Waals surface area (Å²) in [6.45, 7) is 3.65. The predicted molar refractivity (Wildman–Crippen MR) is 107 cm³/mol. The van der Waals surface area contributed by atoms with Crippen LogP contribution in [0.1, 0.15) is 24.6 Å². The Morgan fingerprint density at radius 1 is 1.00 bits per heavy atom. The quantitative estimate of drug-likeness (QED) is 0.577. The Morgan fingerprint density at radius 2 is 1.57 bits per heavy atom. The zero-order valence-electron chi connectivity index (χ0n) is 15.7. The molecular weight excluding hydrogens is 382 g/mol. The maximum Gasteiger partial charge on any atom is 0.281 e. The van der Waals surface area contributed by atoms with Crippen LogP contribution in [0.4, 0.5) is 8.78 Å². The zero-order chi connectivity index (χ0) is 20.5. The maximum absolute atomic E-state index is 14.0. The van der Waals surface area contributed by atoms with Gasteiger partial charge in [-0.3, -0.25) is 0 Å². The highest BCUT2D eigenvalue weighted by Crippen LogP contribution is 2.39. The molecule has 28 heavy (non-hydrogen) atoms. The first-order valence-corrected chi connectivity index (χ1v) is 10.5. The van der Waals surface area contributed by atoms with Crippen molar-refractivity contribution in [3.8, 4) is 22.4 Å². The molecule has 3 rings (SSSR count). The first-order valence-electron chi connectivity index (χ1n) is 8.63. The molecule has 3 aromatic rings. The van der Waals surface area contributed by atoms with E-state index in [9.17, 15) is 17.2 Å². The summed E-state index contributed by atoms with van der Waals surface area (Å²) in [5.41, 5.74) is 2.70. The van der Waals surface area contributed by atoms with Crippen molar-refractivity contribution in [2.45, 2.75) is 25.2 Å². The Balaban J connectivity index is 2.28. The number of halogens is 2. The number of hydrogen-bond donors (Lipinski definition) is 0. The minimum absolute atomic E-state index is 0.162. The zero-order valence-corrected chi connectivity index (χ0v) is 16.5. The highest BCUT2D eigenvalue weighted by molar-refractivity contribution is 7.90. The molecule has 0 unspecified atom stereocenters. The van der Waals surface area contributed by atoms with Crippen molar-refractivity contribution in [2.75, 3.05) is 6.26 Å². The van der Waals surface area contributed by atoms with E-state index in [4.69, 9.17) is 0 Å². The average Bonchev–Trinajstić information content (AvgIpc) is 3.01. The topological polar surface area (TPSA) is 52.0 Å². The van der Waals surface area contributed by atoms with Gasteiger partial charge in [0, 0.05) is 23.6 Å². The Bertz CT molecular complexity index is 1110. The summed E-state index contributed by atoms with van der Waals surface area (Å²) in [6, 6.07) is 13.4. The lowest BCUT2D eigenvalue weighted by Crippen LogP contribution is -1.98. The van der Waals surface area contributed by atoms with Gasteiger partial charge in [-0.2, -0.15) is 5.10 Å². The van der Waals surface area contributed by atoms with E-state index in [1.54, 1.807) is 37.3 Å². The first-order chi connectivity index (χ1) is 13.2. The molecule has 0 spiro atoms. The average molecular weight is 402 g/mol. The fraction of sp³-hybridized carbons (Fsp3) is 0.190. The molecule has 0 aliphatic carbocycles. The summed E-state index contributed by atoms with van der Waals surface area (Å²) in [6.07, 6.45) is 1.50. The van der Waals surface area contributed by atoms with Gasteiger partial charge in [-0.05, 0) is 31.5 Å². The van der Waals surface area contributed by atoms with Gasteiger partial charge in [0.25, 0.3) is 6.43 Å². The van der Waals surface area contributed by atoms with E-state index in [0.717, 1.165) is 11.8 Å². The number of rotatable bonds is 5. The van der Waals surface area contributed by atoms with Gasteiger partial charge in [0.1, 0.15) is 11.4 Å². The van der Waals surface area contributed by atoms with Crippen molar-refractivity contribution in [3.63, 3.8) is 0 Å². The normalized spacial score (nSPS) is 12.2. The molecular formula is C21H20F2N2O2S. The summed E-state index contributed by atoms with van der Waals surface area (Å²) >= 11 is 0. The summed E-state index contributed by atoms with van der Waals surface area (Å²) in [5, 5.41) is 4.38. The third-order valence-corrected chi connectivity index (χ3v) is 5.47. The number of sulfone groups is 1. The molecule has 4 nitrogen and oxygen atoms in total. The van der Waals surface area contributed by atoms with E-state index in [0.29, 0.717) is 22.4 Å². The van der Waals surface area contributed by atoms with Gasteiger partial charge >= 0.3 is 0 Å². The van der Waals surface area contributed by atoms with Crippen LogP contribution < -0.4 is 0 Å². The van der Waals surface area contributed by atoms with E-state index in [2.05, 4.69) is 5.10 Å². The van der Waals surface area contributed by atoms with Gasteiger partial charge < -0.3 is 0 Å². The van der Waals surface area contributed by atoms with Crippen LogP contribution in [0, 0.1) is 6.92 Å². The van der Waals surface area contributed by atoms with Crippen molar-refractivity contribution in [2.24, 2.45) is 0 Å². The van der Waals surface area contributed by atoms with E-state index < -0.39 is 16.3 Å². The van der Waals surface area contributed by atoms with Crippen molar-refractivity contribution in [1.29, 1.82) is 0 Å². The number of benzene rings is 2. The highest BCUT2D eigenvalue weighted by atomic mass is 32.2. The smallest absolute Gasteiger partial charge is 0.238 e. The fourth-order valence-corrected chi connectivity index (χ4v) is 3.61. The van der Waals surface area contributed by atoms with Gasteiger partial charge in [-0.15, -0.1) is 0 Å². The number of hydrogen-bond acceptors (Lipinski definition) is 3. The van der Waals surface area contributed by atoms with E-state index in [1.807, 2.05) is 19.1 Å². The van der Waals surface area contributed by atoms with Crippen molar-refractivity contribution >= 4 is 16.0 Å². The summed E-state index contributed by atoms with van der Waals surface area (Å²) in [7, 11) is -3.35. The van der Waals surface area contributed by atoms with Crippen LogP contribution in [0.2, 0.25) is 0 Å². The van der Waals surface area contributed by atoms with Gasteiger partial charge in [-0.1, -0.05) is 48.0 Å². The molecule has 0 atom stereocenters. The van der Waals surface area contributed by atoms with Crippen LogP contribution in [0.15, 0.2) is 59.5 Å². The fourth-order valence-electron chi connectivity index (χ4n) is 2.98. The minimum Gasteiger partial charge on any atom is -0.238 e. The standard InChI is InChI=1S/C21H20F2N2O2S/c1-4-13-25-20(21(22)23)18(15-7-5-14(2)6-8-15)19(24-25)16-9-11-17(12-10-16)28(3,26)27/h4-13,21H,1-3H3. The molecule has 0 N–H and O–H groups in total. The molecule has 7 heteroatoms. The van der Waals surface area contributed by atoms with Gasteiger partial charge in [0.2, 0.25) is 0 Å². The molecule has 0 radical (unpaired) electrons. The summed E-state index contributed by atoms with van der Waals surface area (Å²) < 4.78 is 52.5. The predicted octanol–water partition coefficient (Wildman–Crippen LogP) is 5.36. The largest absolute Gasteiger partial charge is 0.281 e. The van der Waals surface area contributed by atoms with Crippen LogP contribution in [-0.2, 0) is 9.84 Å². The molecule has 2 aromatic carbocycles. The Morgan fingerprint density at radius 3 is 2.07 bits per heavy atom. The molecule has 0 bridgehead atoms. The molecule has 1 aromatic heterocycles. The Labute approximate surface area is 163 Å². The van der Waals surface area contributed by atoms with Crippen molar-refractivity contribution in [3.05, 3.63) is 65.9 Å². The number of aryl methyl sites for hydroxylation is 1. The summed E-state index contributed by atoms with van der Waals surface area (Å²) in [4.78, 5) is 0.162. The molecule has 0 saturated carbocycles. The Kier molecular flexibility index (Phi) is 5.47. The third kappa shape index (κ3) is 3.89. The second-order valence-electron chi connectivity index (χ2n) is 6.50. The van der Waals surface area contributed by atoms with E-state index >= 15 is 0 Å². The molecule has 1 heterocycles. The second kappa shape index (κ2) is 7.67. The van der Waals surface area contributed by atoms with Gasteiger partial charge in [0.15, 0.2) is 9.84 Å². The van der Waals surface area contributed by atoms with Crippen LogP contribution in [0.3, 0.4) is 0 Å². The molecule has 0 amide bonds. The molecule has 0 aliphatic rings. The maximum atomic E-state index is 14.0. The number of allylic oxidation sites excluding steroid dienone is 1. The molecule has 0 saturated heterocycles. The van der Waals surface area contributed by atoms with Crippen LogP contribution in [0.25, 0.3) is 28.6 Å². The lowest BCUT2D eigenvalue weighted by atomic mass is 9.98. The van der Waals surface area contributed by atoms with Gasteiger partial charge in [-0.25, -0.2) is 21.9 Å². The van der Waals surface area contributed by atoms with E-state index in [1.165, 1.54) is 23.0 Å². The van der Waals surface area contributed by atoms with Crippen LogP contribution in [-0.4, -0.2) is 24.5 Å². The highest BCUT2D eigenvalue weighted by Gasteiger charge is 2.26. The lowest BCUT2D eigenvalue weighted by Gasteiger charge is -2.08. The van der Waals surface area contributed by atoms with Crippen molar-refractivity contribution in [1.82, 2.24) is 9.78 Å². The Hall–Kier alpha value is -2.80. The van der Waals surface area contributed by atoms with Crippen LogP contribution in [0.5, 0.6) is 0 Å². The number of alkyl halides is 2. The lowest BCUT2D eigenvalue weighted by molar-refractivity contribution is 0.144. The van der Waals surface area contributed by atoms with Crippen LogP contribution >= 0.6 is 0 Å². The summed E-state index contributed by atoms with van der Waals surface area (Å²) in [5.74, 6) is 0. The minimum atomic E-state index is -3.35. The number of nitrogens with zero attached hydrogens (tertiary/aromatic N) is 2. The van der Waals surface area contributed by atoms with Gasteiger partial charge in [0.05, 0.1) is 4.90 Å². The first kappa shape index (κ1) is 19.9. The van der Waals surface area contributed by atoms with Crippen molar-refractivity contribution < 1.29 is 17.2 Å². The number of aromatic nitrogens is 2. The third-order valence-electron chi connectivity index (χ3n) is 4.34. The monoisotopic (exact) mass is 402 g/mol. The SMILES string of the molecule is CC=Cn1nc(-c2ccc(S(C)(=O)=O)cc2)c(-c2ccc(C)cc2)c1C(F)F. The second-order valence-corrected chi connectivity index (χ2v) is 8.51. The molecule has 0 aliphatic heterocycles. The molecule has 146 valence electrons. The van der Waals surface area contributed by atoms with E-state index in [-0.39, 0.29) is 10.6 Å².